The Balaban J connectivity index is 1.81. The second-order valence-electron chi connectivity index (χ2n) is 6.20. The fourth-order valence-corrected chi connectivity index (χ4v) is 2.69. The highest BCUT2D eigenvalue weighted by atomic mass is 16.5. The van der Waals surface area contributed by atoms with Gasteiger partial charge in [0.25, 0.3) is 5.91 Å². The number of carbonyl (C=O) groups is 3. The molecule has 0 aliphatic carbocycles. The molecule has 0 aromatic heterocycles. The van der Waals surface area contributed by atoms with Crippen LogP contribution in [0, 0.1) is 0 Å². The molecule has 2 amide bonds. The molecule has 26 heavy (non-hydrogen) atoms. The van der Waals surface area contributed by atoms with Gasteiger partial charge in [0, 0.05) is 18.7 Å². The van der Waals surface area contributed by atoms with Gasteiger partial charge in [-0.1, -0.05) is 6.42 Å². The highest BCUT2D eigenvalue weighted by molar-refractivity contribution is 5.95. The molecule has 0 spiro atoms. The van der Waals surface area contributed by atoms with Gasteiger partial charge in [-0.05, 0) is 51.0 Å². The summed E-state index contributed by atoms with van der Waals surface area (Å²) in [5.41, 5.74) is 0.587. The molecule has 142 valence electrons. The lowest BCUT2D eigenvalue weighted by Gasteiger charge is -2.20. The van der Waals surface area contributed by atoms with Crippen LogP contribution < -0.4 is 10.1 Å². The van der Waals surface area contributed by atoms with Crippen molar-refractivity contribution in [2.45, 2.75) is 45.6 Å². The van der Waals surface area contributed by atoms with Crippen LogP contribution in [-0.2, 0) is 19.1 Å². The second kappa shape index (κ2) is 9.79. The van der Waals surface area contributed by atoms with Crippen molar-refractivity contribution in [3.05, 3.63) is 24.3 Å². The number of nitrogens with zero attached hydrogens (tertiary/aromatic N) is 1. The third-order valence-corrected chi connectivity index (χ3v) is 4.10. The summed E-state index contributed by atoms with van der Waals surface area (Å²) in [6.45, 7) is 4.41. The van der Waals surface area contributed by atoms with E-state index in [4.69, 9.17) is 9.47 Å². The number of esters is 1. The lowest BCUT2D eigenvalue weighted by molar-refractivity contribution is -0.156. The summed E-state index contributed by atoms with van der Waals surface area (Å²) in [7, 11) is 0. The minimum Gasteiger partial charge on any atom is -0.494 e. The van der Waals surface area contributed by atoms with E-state index in [1.807, 2.05) is 6.92 Å². The molecule has 1 heterocycles. The quantitative estimate of drug-likeness (QED) is 0.753. The maximum absolute atomic E-state index is 12.2. The maximum atomic E-state index is 12.2. The van der Waals surface area contributed by atoms with E-state index in [0.717, 1.165) is 19.3 Å². The van der Waals surface area contributed by atoms with Gasteiger partial charge in [-0.2, -0.15) is 0 Å². The van der Waals surface area contributed by atoms with Crippen LogP contribution in [-0.4, -0.2) is 48.5 Å². The minimum absolute atomic E-state index is 0.0362. The summed E-state index contributed by atoms with van der Waals surface area (Å²) < 4.78 is 10.5. The van der Waals surface area contributed by atoms with Crippen LogP contribution in [0.3, 0.4) is 0 Å². The Morgan fingerprint density at radius 1 is 1.19 bits per heavy atom. The molecular formula is C19H26N2O5. The van der Waals surface area contributed by atoms with Gasteiger partial charge in [-0.3, -0.25) is 14.4 Å². The molecule has 1 aliphatic rings. The molecule has 1 aromatic carbocycles. The van der Waals surface area contributed by atoms with Gasteiger partial charge in [0.15, 0.2) is 6.10 Å². The van der Waals surface area contributed by atoms with Crippen LogP contribution in [0.25, 0.3) is 0 Å². The van der Waals surface area contributed by atoms with Gasteiger partial charge in [0.2, 0.25) is 5.91 Å². The predicted octanol–water partition coefficient (Wildman–Crippen LogP) is 2.36. The molecule has 2 rings (SSSR count). The van der Waals surface area contributed by atoms with Gasteiger partial charge in [0.05, 0.1) is 6.61 Å². The fourth-order valence-electron chi connectivity index (χ4n) is 2.69. The molecule has 1 N–H and O–H groups in total. The van der Waals surface area contributed by atoms with Crippen LogP contribution in [0.1, 0.15) is 39.5 Å². The molecule has 1 saturated heterocycles. The number of rotatable bonds is 7. The Bertz CT molecular complexity index is 629. The lowest BCUT2D eigenvalue weighted by atomic mass is 10.2. The topological polar surface area (TPSA) is 84.9 Å². The molecule has 1 aromatic rings. The van der Waals surface area contributed by atoms with Gasteiger partial charge in [-0.15, -0.1) is 0 Å². The molecule has 0 bridgehead atoms. The highest BCUT2D eigenvalue weighted by Gasteiger charge is 2.23. The molecule has 1 aliphatic heterocycles. The SMILES string of the molecule is CCOc1ccc(NC(=O)[C@@H](C)OC(=O)CN2CCCCCC2=O)cc1. The first-order valence-corrected chi connectivity index (χ1v) is 9.00. The van der Waals surface area contributed by atoms with Crippen molar-refractivity contribution in [1.29, 1.82) is 0 Å². The number of anilines is 1. The summed E-state index contributed by atoms with van der Waals surface area (Å²) in [5.74, 6) is -0.322. The Labute approximate surface area is 153 Å². The molecule has 0 saturated carbocycles. The van der Waals surface area contributed by atoms with Gasteiger partial charge in [-0.25, -0.2) is 0 Å². The first-order chi connectivity index (χ1) is 12.5. The third kappa shape index (κ3) is 6.06. The largest absolute Gasteiger partial charge is 0.494 e. The van der Waals surface area contributed by atoms with E-state index in [9.17, 15) is 14.4 Å². The number of hydrogen-bond donors (Lipinski definition) is 1. The Morgan fingerprint density at radius 2 is 1.92 bits per heavy atom. The summed E-state index contributed by atoms with van der Waals surface area (Å²) >= 11 is 0. The number of ether oxygens (including phenoxy) is 2. The van der Waals surface area contributed by atoms with Crippen molar-refractivity contribution < 1.29 is 23.9 Å². The van der Waals surface area contributed by atoms with E-state index in [1.165, 1.54) is 11.8 Å². The van der Waals surface area contributed by atoms with Crippen LogP contribution in [0.2, 0.25) is 0 Å². The number of hydrogen-bond acceptors (Lipinski definition) is 5. The smallest absolute Gasteiger partial charge is 0.326 e. The molecule has 7 nitrogen and oxygen atoms in total. The summed E-state index contributed by atoms with van der Waals surface area (Å²) in [5, 5.41) is 2.69. The molecule has 7 heteroatoms. The van der Waals surface area contributed by atoms with E-state index in [-0.39, 0.29) is 12.5 Å². The normalized spacial score (nSPS) is 15.8. The maximum Gasteiger partial charge on any atom is 0.326 e. The molecule has 1 atom stereocenters. The Morgan fingerprint density at radius 3 is 2.62 bits per heavy atom. The number of amides is 2. The lowest BCUT2D eigenvalue weighted by Crippen LogP contribution is -2.38. The fraction of sp³-hybridized carbons (Fsp3) is 0.526. The zero-order chi connectivity index (χ0) is 18.9. The van der Waals surface area contributed by atoms with Crippen molar-refractivity contribution in [1.82, 2.24) is 4.90 Å². The second-order valence-corrected chi connectivity index (χ2v) is 6.20. The van der Waals surface area contributed by atoms with Gasteiger partial charge in [0.1, 0.15) is 12.3 Å². The predicted molar refractivity (Wildman–Crippen MR) is 96.8 cm³/mol. The first-order valence-electron chi connectivity index (χ1n) is 9.00. The van der Waals surface area contributed by atoms with E-state index >= 15 is 0 Å². The van der Waals surface area contributed by atoms with Crippen molar-refractivity contribution in [3.8, 4) is 5.75 Å². The number of likely N-dealkylation sites (tertiary alicyclic amines) is 1. The van der Waals surface area contributed by atoms with Crippen molar-refractivity contribution in [3.63, 3.8) is 0 Å². The number of carbonyl (C=O) groups excluding carboxylic acids is 3. The third-order valence-electron chi connectivity index (χ3n) is 4.10. The summed E-state index contributed by atoms with van der Waals surface area (Å²) in [6.07, 6.45) is 2.23. The summed E-state index contributed by atoms with van der Waals surface area (Å²) in [6, 6.07) is 6.93. The van der Waals surface area contributed by atoms with Crippen molar-refractivity contribution >= 4 is 23.5 Å². The zero-order valence-corrected chi connectivity index (χ0v) is 15.3. The van der Waals surface area contributed by atoms with Crippen LogP contribution in [0.4, 0.5) is 5.69 Å². The summed E-state index contributed by atoms with van der Waals surface area (Å²) in [4.78, 5) is 37.6. The van der Waals surface area contributed by atoms with E-state index in [1.54, 1.807) is 24.3 Å². The Kier molecular flexibility index (Phi) is 7.44. The van der Waals surface area contributed by atoms with Crippen LogP contribution >= 0.6 is 0 Å². The monoisotopic (exact) mass is 362 g/mol. The van der Waals surface area contributed by atoms with Crippen molar-refractivity contribution in [2.75, 3.05) is 25.0 Å². The van der Waals surface area contributed by atoms with Crippen LogP contribution in [0.15, 0.2) is 24.3 Å². The molecule has 0 unspecified atom stereocenters. The average molecular weight is 362 g/mol. The minimum atomic E-state index is -0.948. The zero-order valence-electron chi connectivity index (χ0n) is 15.3. The van der Waals surface area contributed by atoms with Gasteiger partial charge >= 0.3 is 5.97 Å². The first kappa shape index (κ1) is 19.8. The van der Waals surface area contributed by atoms with Gasteiger partial charge < -0.3 is 19.7 Å². The average Bonchev–Trinajstić information content (AvgIpc) is 2.81. The number of benzene rings is 1. The highest BCUT2D eigenvalue weighted by Crippen LogP contribution is 2.16. The number of nitrogens with one attached hydrogen (secondary N) is 1. The standard InChI is InChI=1S/C19H26N2O5/c1-3-25-16-10-8-15(9-11-16)20-19(24)14(2)26-18(23)13-21-12-6-4-5-7-17(21)22/h8-11,14H,3-7,12-13H2,1-2H3,(H,20,24)/t14-/m1/s1. The van der Waals surface area contributed by atoms with Crippen LogP contribution in [0.5, 0.6) is 5.75 Å². The molecule has 0 radical (unpaired) electrons. The molecule has 1 fully saturated rings. The van der Waals surface area contributed by atoms with E-state index in [2.05, 4.69) is 5.32 Å². The van der Waals surface area contributed by atoms with Crippen molar-refractivity contribution in [2.24, 2.45) is 0 Å². The van der Waals surface area contributed by atoms with E-state index < -0.39 is 18.0 Å². The molecular weight excluding hydrogens is 336 g/mol. The van der Waals surface area contributed by atoms with E-state index in [0.29, 0.717) is 31.0 Å². The Hall–Kier alpha value is -2.57.